The predicted molar refractivity (Wildman–Crippen MR) is 92.1 cm³/mol. The summed E-state index contributed by atoms with van der Waals surface area (Å²) in [6, 6.07) is 0. The third kappa shape index (κ3) is 2.92. The van der Waals surface area contributed by atoms with Gasteiger partial charge in [0.2, 0.25) is 0 Å². The van der Waals surface area contributed by atoms with Gasteiger partial charge in [-0.1, -0.05) is 24.8 Å². The van der Waals surface area contributed by atoms with Crippen molar-refractivity contribution in [2.75, 3.05) is 0 Å². The average Bonchev–Trinajstić information content (AvgIpc) is 2.94. The van der Waals surface area contributed by atoms with Gasteiger partial charge in [-0.25, -0.2) is 0 Å². The average molecular weight is 316 g/mol. The zero-order chi connectivity index (χ0) is 15.9. The molecule has 0 bridgehead atoms. The Labute approximate surface area is 140 Å². The molecule has 0 aliphatic heterocycles. The van der Waals surface area contributed by atoms with Gasteiger partial charge in [0.1, 0.15) is 0 Å². The summed E-state index contributed by atoms with van der Waals surface area (Å²) in [6.45, 7) is 0. The smallest absolute Gasteiger partial charge is 0.158 e. The minimum Gasteiger partial charge on any atom is -0.390 e. The van der Waals surface area contributed by atoms with Gasteiger partial charge >= 0.3 is 0 Å². The molecule has 0 amide bonds. The van der Waals surface area contributed by atoms with E-state index in [0.29, 0.717) is 23.5 Å². The molecular weight excluding hydrogens is 284 g/mol. The van der Waals surface area contributed by atoms with Gasteiger partial charge in [-0.2, -0.15) is 0 Å². The maximum absolute atomic E-state index is 12.4. The van der Waals surface area contributed by atoms with Crippen LogP contribution in [0.25, 0.3) is 0 Å². The third-order valence-corrected chi connectivity index (χ3v) is 7.56. The van der Waals surface area contributed by atoms with E-state index < -0.39 is 5.60 Å². The summed E-state index contributed by atoms with van der Waals surface area (Å²) in [4.78, 5) is 12.4. The van der Waals surface area contributed by atoms with Crippen LogP contribution in [0.5, 0.6) is 0 Å². The lowest BCUT2D eigenvalue weighted by Gasteiger charge is -2.38. The van der Waals surface area contributed by atoms with Crippen molar-refractivity contribution in [1.82, 2.24) is 0 Å². The lowest BCUT2D eigenvalue weighted by molar-refractivity contribution is -0.115. The fraction of sp³-hybridized carbons (Fsp3) is 0.857. The zero-order valence-corrected chi connectivity index (χ0v) is 14.5. The lowest BCUT2D eigenvalue weighted by atomic mass is 9.73. The molecule has 4 aliphatic carbocycles. The van der Waals surface area contributed by atoms with Crippen LogP contribution in [0.3, 0.4) is 0 Å². The predicted octanol–water partition coefficient (Wildman–Crippen LogP) is 4.95. The number of Topliss-reactive ketones (excluding diaryl/α,β-unsaturated/α-hetero) is 1. The molecule has 0 aromatic heterocycles. The standard InChI is InChI=1S/C21H32O2/c22-20-10-9-15-11-13-21(23,16-5-2-1-3-6-16)14-12-17(15)18-7-4-8-19(18)20/h15-17,23H,1-14H2. The number of rotatable bonds is 1. The van der Waals surface area contributed by atoms with Gasteiger partial charge in [0, 0.05) is 6.42 Å². The number of allylic oxidation sites excluding steroid dienone is 2. The van der Waals surface area contributed by atoms with Crippen molar-refractivity contribution in [2.45, 2.75) is 95.5 Å². The molecule has 1 N–H and O–H groups in total. The van der Waals surface area contributed by atoms with E-state index in [9.17, 15) is 9.90 Å². The minimum atomic E-state index is -0.407. The third-order valence-electron chi connectivity index (χ3n) is 7.56. The molecule has 23 heavy (non-hydrogen) atoms. The topological polar surface area (TPSA) is 37.3 Å². The molecule has 2 nitrogen and oxygen atoms in total. The van der Waals surface area contributed by atoms with Crippen molar-refractivity contribution in [3.8, 4) is 0 Å². The normalized spacial score (nSPS) is 39.6. The van der Waals surface area contributed by atoms with Crippen molar-refractivity contribution in [3.63, 3.8) is 0 Å². The van der Waals surface area contributed by atoms with E-state index in [1.807, 2.05) is 0 Å². The minimum absolute atomic E-state index is 0.407. The molecule has 4 aliphatic rings. The largest absolute Gasteiger partial charge is 0.390 e. The number of carbonyl (C=O) groups is 1. The van der Waals surface area contributed by atoms with Gasteiger partial charge in [-0.15, -0.1) is 0 Å². The van der Waals surface area contributed by atoms with Gasteiger partial charge in [-0.3, -0.25) is 4.79 Å². The lowest BCUT2D eigenvalue weighted by Crippen LogP contribution is -2.38. The molecule has 0 aromatic carbocycles. The van der Waals surface area contributed by atoms with E-state index in [2.05, 4.69) is 0 Å². The second kappa shape index (κ2) is 6.35. The number of fused-ring (bicyclic) bond motifs is 2. The highest BCUT2D eigenvalue weighted by Gasteiger charge is 2.43. The molecule has 4 rings (SSSR count). The van der Waals surface area contributed by atoms with Crippen LogP contribution in [0, 0.1) is 17.8 Å². The number of hydrogen-bond acceptors (Lipinski definition) is 2. The van der Waals surface area contributed by atoms with Crippen LogP contribution >= 0.6 is 0 Å². The van der Waals surface area contributed by atoms with E-state index in [1.54, 1.807) is 0 Å². The van der Waals surface area contributed by atoms with Crippen molar-refractivity contribution in [3.05, 3.63) is 11.1 Å². The molecule has 0 heterocycles. The Morgan fingerprint density at radius 1 is 0.826 bits per heavy atom. The Balaban J connectivity index is 1.55. The molecule has 0 saturated heterocycles. The van der Waals surface area contributed by atoms with Gasteiger partial charge in [0.05, 0.1) is 5.60 Å². The van der Waals surface area contributed by atoms with Gasteiger partial charge in [0.25, 0.3) is 0 Å². The maximum atomic E-state index is 12.4. The highest BCUT2D eigenvalue weighted by atomic mass is 16.3. The first kappa shape index (κ1) is 15.9. The van der Waals surface area contributed by atoms with E-state index >= 15 is 0 Å². The number of ketones is 1. The number of hydrogen-bond donors (Lipinski definition) is 1. The molecule has 128 valence electrons. The van der Waals surface area contributed by atoms with E-state index in [4.69, 9.17) is 0 Å². The molecule has 0 spiro atoms. The first-order valence-corrected chi connectivity index (χ1v) is 10.1. The van der Waals surface area contributed by atoms with Crippen LogP contribution < -0.4 is 0 Å². The highest BCUT2D eigenvalue weighted by molar-refractivity contribution is 5.96. The van der Waals surface area contributed by atoms with E-state index in [0.717, 1.165) is 51.4 Å². The van der Waals surface area contributed by atoms with Crippen LogP contribution in [0.4, 0.5) is 0 Å². The molecule has 0 radical (unpaired) electrons. The maximum Gasteiger partial charge on any atom is 0.158 e. The summed E-state index contributed by atoms with van der Waals surface area (Å²) in [5.74, 6) is 2.25. The summed E-state index contributed by atoms with van der Waals surface area (Å²) < 4.78 is 0. The molecular formula is C21H32O2. The van der Waals surface area contributed by atoms with Gasteiger partial charge in [-0.05, 0) is 87.5 Å². The van der Waals surface area contributed by atoms with Crippen LogP contribution in [0.1, 0.15) is 89.9 Å². The van der Waals surface area contributed by atoms with Crippen LogP contribution in [-0.2, 0) is 4.79 Å². The summed E-state index contributed by atoms with van der Waals surface area (Å²) in [5.41, 5.74) is 2.32. The van der Waals surface area contributed by atoms with Crippen molar-refractivity contribution < 1.29 is 9.90 Å². The second-order valence-corrected chi connectivity index (χ2v) is 8.70. The van der Waals surface area contributed by atoms with Crippen molar-refractivity contribution in [2.24, 2.45) is 17.8 Å². The summed E-state index contributed by atoms with van der Waals surface area (Å²) in [6.07, 6.45) is 15.9. The SMILES string of the molecule is O=C1CCC2CCC(O)(C3CCCCC3)CCC2C2=C1CCC2. The van der Waals surface area contributed by atoms with E-state index in [-0.39, 0.29) is 0 Å². The fourth-order valence-corrected chi connectivity index (χ4v) is 6.22. The van der Waals surface area contributed by atoms with Crippen molar-refractivity contribution >= 4 is 5.78 Å². The zero-order valence-electron chi connectivity index (χ0n) is 14.5. The van der Waals surface area contributed by atoms with Crippen LogP contribution in [0.2, 0.25) is 0 Å². The molecule has 3 atom stereocenters. The fourth-order valence-electron chi connectivity index (χ4n) is 6.22. The van der Waals surface area contributed by atoms with Crippen LogP contribution in [0.15, 0.2) is 11.1 Å². The summed E-state index contributed by atoms with van der Waals surface area (Å²) >= 11 is 0. The highest BCUT2D eigenvalue weighted by Crippen LogP contribution is 2.50. The number of aliphatic hydroxyl groups is 1. The van der Waals surface area contributed by atoms with Gasteiger partial charge in [0.15, 0.2) is 5.78 Å². The molecule has 2 fully saturated rings. The monoisotopic (exact) mass is 316 g/mol. The Bertz CT molecular complexity index is 500. The van der Waals surface area contributed by atoms with Crippen LogP contribution in [-0.4, -0.2) is 16.5 Å². The first-order chi connectivity index (χ1) is 11.2. The Kier molecular flexibility index (Phi) is 4.38. The second-order valence-electron chi connectivity index (χ2n) is 8.70. The first-order valence-electron chi connectivity index (χ1n) is 10.1. The molecule has 3 unspecified atom stereocenters. The van der Waals surface area contributed by atoms with Gasteiger partial charge < -0.3 is 5.11 Å². The Morgan fingerprint density at radius 3 is 2.43 bits per heavy atom. The quantitative estimate of drug-likeness (QED) is 0.743. The molecule has 2 heteroatoms. The molecule has 2 saturated carbocycles. The van der Waals surface area contributed by atoms with E-state index in [1.165, 1.54) is 49.7 Å². The van der Waals surface area contributed by atoms with Crippen molar-refractivity contribution in [1.29, 1.82) is 0 Å². The molecule has 0 aromatic rings. The number of carbonyl (C=O) groups excluding carboxylic acids is 1. The summed E-state index contributed by atoms with van der Waals surface area (Å²) in [5, 5.41) is 11.4. The Morgan fingerprint density at radius 2 is 1.61 bits per heavy atom. The summed E-state index contributed by atoms with van der Waals surface area (Å²) in [7, 11) is 0. The Hall–Kier alpha value is -0.630.